The third-order valence-electron chi connectivity index (χ3n) is 3.43. The van der Waals surface area contributed by atoms with E-state index < -0.39 is 0 Å². The summed E-state index contributed by atoms with van der Waals surface area (Å²) in [7, 11) is 0. The van der Waals surface area contributed by atoms with Gasteiger partial charge in [0.05, 0.1) is 5.69 Å². The molecule has 1 N–H and O–H groups in total. The Bertz CT molecular complexity index is 947. The van der Waals surface area contributed by atoms with Gasteiger partial charge in [0.2, 0.25) is 0 Å². The van der Waals surface area contributed by atoms with E-state index in [9.17, 15) is 5.11 Å². The van der Waals surface area contributed by atoms with E-state index in [1.54, 1.807) is 24.5 Å². The molecule has 4 aromatic rings. The first-order chi connectivity index (χ1) is 10.8. The zero-order valence-corrected chi connectivity index (χ0v) is 11.6. The van der Waals surface area contributed by atoms with Gasteiger partial charge in [-0.3, -0.25) is 9.55 Å². The highest BCUT2D eigenvalue weighted by molar-refractivity contribution is 5.79. The minimum atomic E-state index is 0.171. The van der Waals surface area contributed by atoms with Crippen LogP contribution in [0.15, 0.2) is 67.0 Å². The van der Waals surface area contributed by atoms with Crippen molar-refractivity contribution in [1.29, 1.82) is 0 Å². The Balaban J connectivity index is 2.10. The molecular weight excluding hydrogens is 276 g/mol. The molecule has 106 valence electrons. The molecule has 3 heterocycles. The summed E-state index contributed by atoms with van der Waals surface area (Å²) in [6.07, 6.45) is 3.43. The third-order valence-corrected chi connectivity index (χ3v) is 3.43. The number of hydrogen-bond acceptors (Lipinski definition) is 4. The number of phenols is 1. The molecule has 0 bridgehead atoms. The van der Waals surface area contributed by atoms with Gasteiger partial charge in [0.25, 0.3) is 0 Å². The van der Waals surface area contributed by atoms with Crippen LogP contribution in [0.2, 0.25) is 0 Å². The van der Waals surface area contributed by atoms with Crippen molar-refractivity contribution in [3.63, 3.8) is 0 Å². The fraction of sp³-hybridized carbons (Fsp3) is 0. The summed E-state index contributed by atoms with van der Waals surface area (Å²) < 4.78 is 1.83. The summed E-state index contributed by atoms with van der Waals surface area (Å²) in [4.78, 5) is 13.4. The highest BCUT2D eigenvalue weighted by atomic mass is 16.3. The second-order valence-corrected chi connectivity index (χ2v) is 4.82. The van der Waals surface area contributed by atoms with Crippen molar-refractivity contribution in [2.75, 3.05) is 0 Å². The molecule has 1 aromatic carbocycles. The molecule has 5 heteroatoms. The van der Waals surface area contributed by atoms with Crippen molar-refractivity contribution in [2.45, 2.75) is 0 Å². The quantitative estimate of drug-likeness (QED) is 0.615. The maximum Gasteiger partial charge on any atom is 0.165 e. The molecule has 0 spiro atoms. The van der Waals surface area contributed by atoms with Crippen LogP contribution in [-0.2, 0) is 0 Å². The fourth-order valence-corrected chi connectivity index (χ4v) is 2.46. The van der Waals surface area contributed by atoms with Gasteiger partial charge in [0.15, 0.2) is 11.5 Å². The van der Waals surface area contributed by atoms with Crippen molar-refractivity contribution in [3.8, 4) is 23.0 Å². The first kappa shape index (κ1) is 12.5. The van der Waals surface area contributed by atoms with Crippen molar-refractivity contribution in [1.82, 2.24) is 19.5 Å². The molecule has 0 saturated heterocycles. The first-order valence-electron chi connectivity index (χ1n) is 6.88. The van der Waals surface area contributed by atoms with Gasteiger partial charge in [-0.2, -0.15) is 0 Å². The van der Waals surface area contributed by atoms with Gasteiger partial charge in [-0.05, 0) is 36.4 Å². The van der Waals surface area contributed by atoms with Crippen LogP contribution in [0.3, 0.4) is 0 Å². The van der Waals surface area contributed by atoms with Gasteiger partial charge in [-0.1, -0.05) is 18.2 Å². The van der Waals surface area contributed by atoms with Crippen LogP contribution >= 0.6 is 0 Å². The van der Waals surface area contributed by atoms with Crippen molar-refractivity contribution >= 4 is 11.2 Å². The summed E-state index contributed by atoms with van der Waals surface area (Å²) in [5.41, 5.74) is 2.80. The number of phenolic OH excluding ortho intramolecular Hbond substituents is 1. The summed E-state index contributed by atoms with van der Waals surface area (Å²) in [6, 6.07) is 16.5. The minimum absolute atomic E-state index is 0.171. The lowest BCUT2D eigenvalue weighted by Gasteiger charge is -2.09. The van der Waals surface area contributed by atoms with Crippen LogP contribution in [0.5, 0.6) is 5.75 Å². The van der Waals surface area contributed by atoms with Gasteiger partial charge < -0.3 is 5.11 Å². The van der Waals surface area contributed by atoms with Gasteiger partial charge in [-0.25, -0.2) is 9.97 Å². The zero-order valence-electron chi connectivity index (χ0n) is 11.6. The molecule has 0 aliphatic carbocycles. The Kier molecular flexibility index (Phi) is 2.83. The van der Waals surface area contributed by atoms with E-state index in [2.05, 4.69) is 15.0 Å². The number of rotatable bonds is 2. The van der Waals surface area contributed by atoms with Gasteiger partial charge in [-0.15, -0.1) is 0 Å². The molecule has 0 amide bonds. The Morgan fingerprint density at radius 3 is 2.45 bits per heavy atom. The standard InChI is InChI=1S/C17H12N4O/c22-15-9-2-1-8-14(15)21-16-13(7-5-11-19-16)20-17(21)12-6-3-4-10-18-12/h1-11,22H. The number of imidazole rings is 1. The summed E-state index contributed by atoms with van der Waals surface area (Å²) in [6.45, 7) is 0. The number of para-hydroxylation sites is 2. The summed E-state index contributed by atoms with van der Waals surface area (Å²) >= 11 is 0. The monoisotopic (exact) mass is 288 g/mol. The van der Waals surface area contributed by atoms with Crippen LogP contribution in [0, 0.1) is 0 Å². The average Bonchev–Trinajstić information content (AvgIpc) is 2.95. The molecule has 0 saturated carbocycles. The maximum absolute atomic E-state index is 10.2. The van der Waals surface area contributed by atoms with E-state index in [4.69, 9.17) is 0 Å². The van der Waals surface area contributed by atoms with Gasteiger partial charge >= 0.3 is 0 Å². The number of nitrogens with zero attached hydrogens (tertiary/aromatic N) is 4. The molecule has 0 unspecified atom stereocenters. The molecule has 0 radical (unpaired) electrons. The van der Waals surface area contributed by atoms with Crippen LogP contribution in [0.25, 0.3) is 28.4 Å². The maximum atomic E-state index is 10.2. The lowest BCUT2D eigenvalue weighted by atomic mass is 10.2. The van der Waals surface area contributed by atoms with Crippen molar-refractivity contribution in [2.24, 2.45) is 0 Å². The minimum Gasteiger partial charge on any atom is -0.506 e. The van der Waals surface area contributed by atoms with Crippen molar-refractivity contribution < 1.29 is 5.11 Å². The summed E-state index contributed by atoms with van der Waals surface area (Å²) in [5, 5.41) is 10.2. The molecule has 0 atom stereocenters. The molecular formula is C17H12N4O. The number of benzene rings is 1. The van der Waals surface area contributed by atoms with Crippen LogP contribution in [-0.4, -0.2) is 24.6 Å². The molecule has 0 aliphatic heterocycles. The lowest BCUT2D eigenvalue weighted by Crippen LogP contribution is -1.99. The predicted molar refractivity (Wildman–Crippen MR) is 83.8 cm³/mol. The average molecular weight is 288 g/mol. The fourth-order valence-electron chi connectivity index (χ4n) is 2.46. The second-order valence-electron chi connectivity index (χ2n) is 4.82. The molecule has 3 aromatic heterocycles. The molecule has 0 aliphatic rings. The SMILES string of the molecule is Oc1ccccc1-n1c(-c2ccccn2)nc2cccnc21. The predicted octanol–water partition coefficient (Wildman–Crippen LogP) is 3.19. The molecule has 22 heavy (non-hydrogen) atoms. The van der Waals surface area contributed by atoms with E-state index >= 15 is 0 Å². The molecule has 5 nitrogen and oxygen atoms in total. The molecule has 4 rings (SSSR count). The summed E-state index contributed by atoms with van der Waals surface area (Å²) in [5.74, 6) is 0.820. The highest BCUT2D eigenvalue weighted by Crippen LogP contribution is 2.30. The van der Waals surface area contributed by atoms with Crippen molar-refractivity contribution in [3.05, 3.63) is 67.0 Å². The van der Waals surface area contributed by atoms with Crippen LogP contribution in [0.1, 0.15) is 0 Å². The van der Waals surface area contributed by atoms with Gasteiger partial charge in [0, 0.05) is 12.4 Å². The Hall–Kier alpha value is -3.21. The topological polar surface area (TPSA) is 63.8 Å². The second kappa shape index (κ2) is 4.96. The normalized spacial score (nSPS) is 10.9. The number of aromatic hydroxyl groups is 1. The Morgan fingerprint density at radius 1 is 0.818 bits per heavy atom. The number of hydrogen-bond donors (Lipinski definition) is 1. The number of fused-ring (bicyclic) bond motifs is 1. The third kappa shape index (κ3) is 1.91. The van der Waals surface area contributed by atoms with E-state index in [0.717, 1.165) is 11.2 Å². The number of pyridine rings is 2. The van der Waals surface area contributed by atoms with Crippen LogP contribution < -0.4 is 0 Å². The lowest BCUT2D eigenvalue weighted by molar-refractivity contribution is 0.472. The largest absolute Gasteiger partial charge is 0.506 e. The van der Waals surface area contributed by atoms with E-state index in [1.807, 2.05) is 47.0 Å². The van der Waals surface area contributed by atoms with Gasteiger partial charge in [0.1, 0.15) is 17.0 Å². The Morgan fingerprint density at radius 2 is 1.64 bits per heavy atom. The number of aromatic nitrogens is 4. The Labute approximate surface area is 126 Å². The zero-order chi connectivity index (χ0) is 14.9. The van der Waals surface area contributed by atoms with E-state index in [0.29, 0.717) is 17.2 Å². The highest BCUT2D eigenvalue weighted by Gasteiger charge is 2.17. The first-order valence-corrected chi connectivity index (χ1v) is 6.88. The molecule has 0 fully saturated rings. The van der Waals surface area contributed by atoms with Crippen LogP contribution in [0.4, 0.5) is 0 Å². The van der Waals surface area contributed by atoms with E-state index in [-0.39, 0.29) is 5.75 Å². The smallest absolute Gasteiger partial charge is 0.165 e. The van der Waals surface area contributed by atoms with E-state index in [1.165, 1.54) is 0 Å².